The lowest BCUT2D eigenvalue weighted by Gasteiger charge is -2.31. The van der Waals surface area contributed by atoms with E-state index in [0.29, 0.717) is 0 Å². The number of hydrogen-bond donors (Lipinski definition) is 2. The van der Waals surface area contributed by atoms with Crippen LogP contribution in [0.1, 0.15) is 17.2 Å². The first-order valence-electron chi connectivity index (χ1n) is 9.13. The Morgan fingerprint density at radius 2 is 1.77 bits per heavy atom. The molecule has 0 radical (unpaired) electrons. The summed E-state index contributed by atoms with van der Waals surface area (Å²) in [6.45, 7) is 2.48. The molecule has 4 rings (SSSR count). The molecule has 5 heteroatoms. The number of hydrogen-bond acceptors (Lipinski definition) is 5. The Hall–Kier alpha value is -2.08. The molecule has 26 heavy (non-hydrogen) atoms. The maximum atomic E-state index is 6.17. The highest BCUT2D eigenvalue weighted by atomic mass is 16.5. The van der Waals surface area contributed by atoms with Crippen LogP contribution in [0.2, 0.25) is 0 Å². The van der Waals surface area contributed by atoms with Gasteiger partial charge >= 0.3 is 0 Å². The highest BCUT2D eigenvalue weighted by molar-refractivity contribution is 5.46. The molecule has 3 atom stereocenters. The van der Waals surface area contributed by atoms with Gasteiger partial charge in [0, 0.05) is 18.7 Å². The van der Waals surface area contributed by atoms with Crippen molar-refractivity contribution in [2.75, 3.05) is 33.9 Å². The predicted molar refractivity (Wildman–Crippen MR) is 101 cm³/mol. The maximum absolute atomic E-state index is 6.17. The van der Waals surface area contributed by atoms with Crippen LogP contribution in [-0.4, -0.2) is 45.6 Å². The van der Waals surface area contributed by atoms with Gasteiger partial charge in [0.15, 0.2) is 0 Å². The maximum Gasteiger partial charge on any atom is 0.123 e. The average Bonchev–Trinajstić information content (AvgIpc) is 3.44. The van der Waals surface area contributed by atoms with Gasteiger partial charge in [-0.2, -0.15) is 0 Å². The van der Waals surface area contributed by atoms with E-state index in [1.54, 1.807) is 14.2 Å². The number of morpholine rings is 1. The summed E-state index contributed by atoms with van der Waals surface area (Å²) in [5.74, 6) is 1.83. The van der Waals surface area contributed by atoms with Crippen LogP contribution in [0, 0.1) is 0 Å². The summed E-state index contributed by atoms with van der Waals surface area (Å²) >= 11 is 0. The van der Waals surface area contributed by atoms with Crippen molar-refractivity contribution >= 4 is 0 Å². The summed E-state index contributed by atoms with van der Waals surface area (Å²) in [4.78, 5) is 0. The highest BCUT2D eigenvalue weighted by Gasteiger charge is 2.60. The largest absolute Gasteiger partial charge is 0.496 e. The van der Waals surface area contributed by atoms with E-state index in [4.69, 9.17) is 14.2 Å². The number of benzene rings is 2. The van der Waals surface area contributed by atoms with Crippen molar-refractivity contribution < 1.29 is 14.2 Å². The summed E-state index contributed by atoms with van der Waals surface area (Å²) in [6, 6.07) is 16.6. The molecule has 0 aromatic heterocycles. The molecule has 5 nitrogen and oxygen atoms in total. The molecule has 2 aliphatic rings. The molecule has 2 N–H and O–H groups in total. The fraction of sp³-hybridized carbons (Fsp3) is 0.429. The predicted octanol–water partition coefficient (Wildman–Crippen LogP) is 2.32. The van der Waals surface area contributed by atoms with E-state index in [1.807, 2.05) is 24.3 Å². The minimum atomic E-state index is -0.170. The molecular formula is C21H26N2O3. The Bertz CT molecular complexity index is 760. The molecule has 2 aliphatic heterocycles. The normalized spacial score (nSPS) is 27.8. The molecule has 2 saturated heterocycles. The zero-order chi connectivity index (χ0) is 18.0. The Labute approximate surface area is 154 Å². The summed E-state index contributed by atoms with van der Waals surface area (Å²) in [7, 11) is 3.45. The number of rotatable bonds is 6. The van der Waals surface area contributed by atoms with Crippen LogP contribution in [0.4, 0.5) is 0 Å². The number of ether oxygens (including phenoxy) is 3. The van der Waals surface area contributed by atoms with Crippen molar-refractivity contribution in [1.29, 1.82) is 0 Å². The second-order valence-electron chi connectivity index (χ2n) is 6.91. The summed E-state index contributed by atoms with van der Waals surface area (Å²) in [5, 5.41) is 7.21. The third-order valence-corrected chi connectivity index (χ3v) is 5.47. The molecule has 2 aromatic carbocycles. The van der Waals surface area contributed by atoms with Crippen molar-refractivity contribution in [1.82, 2.24) is 10.6 Å². The van der Waals surface area contributed by atoms with Gasteiger partial charge in [0.1, 0.15) is 11.5 Å². The lowest BCUT2D eigenvalue weighted by Crippen LogP contribution is -2.49. The van der Waals surface area contributed by atoms with Crippen molar-refractivity contribution in [3.8, 4) is 11.5 Å². The van der Waals surface area contributed by atoms with Gasteiger partial charge in [0.2, 0.25) is 0 Å². The quantitative estimate of drug-likeness (QED) is 0.780. The first-order chi connectivity index (χ1) is 12.8. The first-order valence-corrected chi connectivity index (χ1v) is 9.13. The van der Waals surface area contributed by atoms with Crippen molar-refractivity contribution in [2.45, 2.75) is 24.1 Å². The second kappa shape index (κ2) is 7.27. The van der Waals surface area contributed by atoms with E-state index >= 15 is 0 Å². The van der Waals surface area contributed by atoms with Gasteiger partial charge in [0.05, 0.1) is 38.5 Å². The van der Waals surface area contributed by atoms with Crippen molar-refractivity contribution in [3.63, 3.8) is 0 Å². The van der Waals surface area contributed by atoms with Gasteiger partial charge in [0.25, 0.3) is 0 Å². The molecule has 0 spiro atoms. The summed E-state index contributed by atoms with van der Waals surface area (Å²) < 4.78 is 17.4. The molecule has 3 unspecified atom stereocenters. The molecule has 138 valence electrons. The number of para-hydroxylation sites is 2. The van der Waals surface area contributed by atoms with E-state index < -0.39 is 0 Å². The van der Waals surface area contributed by atoms with Crippen molar-refractivity contribution in [3.05, 3.63) is 59.7 Å². The van der Waals surface area contributed by atoms with Crippen LogP contribution in [-0.2, 0) is 11.2 Å². The van der Waals surface area contributed by atoms with E-state index in [1.165, 1.54) is 11.1 Å². The minimum Gasteiger partial charge on any atom is -0.496 e. The number of nitrogens with one attached hydrogen (secondary N) is 2. The minimum absolute atomic E-state index is 0.0936. The first kappa shape index (κ1) is 17.3. The highest BCUT2D eigenvalue weighted by Crippen LogP contribution is 2.50. The molecule has 0 amide bonds. The van der Waals surface area contributed by atoms with Crippen LogP contribution in [0.5, 0.6) is 11.5 Å². The summed E-state index contributed by atoms with van der Waals surface area (Å²) in [6.07, 6.45) is 0.933. The third-order valence-electron chi connectivity index (χ3n) is 5.47. The van der Waals surface area contributed by atoms with Crippen LogP contribution >= 0.6 is 0 Å². The standard InChI is InChI=1S/C21H26N2O3/c1-24-17-9-5-3-7-15(17)13-21(19-14-22-11-12-26-19)20(23-21)16-8-4-6-10-18(16)25-2/h3-10,19-20,22-23H,11-14H2,1-2H3. The van der Waals surface area contributed by atoms with Crippen LogP contribution in [0.3, 0.4) is 0 Å². The van der Waals surface area contributed by atoms with Crippen LogP contribution in [0.25, 0.3) is 0 Å². The van der Waals surface area contributed by atoms with Crippen LogP contribution in [0.15, 0.2) is 48.5 Å². The van der Waals surface area contributed by atoms with Crippen molar-refractivity contribution in [2.24, 2.45) is 0 Å². The summed E-state index contributed by atoms with van der Waals surface area (Å²) in [5.41, 5.74) is 2.20. The van der Waals surface area contributed by atoms with Gasteiger partial charge in [-0.3, -0.25) is 5.32 Å². The molecular weight excluding hydrogens is 328 g/mol. The lowest BCUT2D eigenvalue weighted by atomic mass is 9.86. The van der Waals surface area contributed by atoms with E-state index in [-0.39, 0.29) is 17.7 Å². The fourth-order valence-corrected chi connectivity index (χ4v) is 4.09. The van der Waals surface area contributed by atoms with Gasteiger partial charge in [-0.25, -0.2) is 0 Å². The Morgan fingerprint density at radius 1 is 1.04 bits per heavy atom. The zero-order valence-electron chi connectivity index (χ0n) is 15.3. The molecule has 0 saturated carbocycles. The average molecular weight is 354 g/mol. The van der Waals surface area contributed by atoms with Gasteiger partial charge in [-0.1, -0.05) is 36.4 Å². The molecule has 2 aromatic rings. The molecule has 0 aliphatic carbocycles. The lowest BCUT2D eigenvalue weighted by molar-refractivity contribution is 0.00126. The molecule has 2 heterocycles. The SMILES string of the molecule is COc1ccccc1CC1(C2CNCCO2)NC1c1ccccc1OC. The molecule has 0 bridgehead atoms. The Morgan fingerprint density at radius 3 is 2.50 bits per heavy atom. The Balaban J connectivity index is 1.68. The van der Waals surface area contributed by atoms with Gasteiger partial charge < -0.3 is 19.5 Å². The molecule has 2 fully saturated rings. The Kier molecular flexibility index (Phi) is 4.85. The second-order valence-corrected chi connectivity index (χ2v) is 6.91. The van der Waals surface area contributed by atoms with Gasteiger partial charge in [-0.05, 0) is 24.1 Å². The number of methoxy groups -OCH3 is 2. The van der Waals surface area contributed by atoms with E-state index in [2.05, 4.69) is 34.9 Å². The fourth-order valence-electron chi connectivity index (χ4n) is 4.09. The van der Waals surface area contributed by atoms with E-state index in [0.717, 1.165) is 37.6 Å². The van der Waals surface area contributed by atoms with Crippen LogP contribution < -0.4 is 20.1 Å². The van der Waals surface area contributed by atoms with Gasteiger partial charge in [-0.15, -0.1) is 0 Å². The zero-order valence-corrected chi connectivity index (χ0v) is 15.3. The third kappa shape index (κ3) is 3.07. The topological polar surface area (TPSA) is 61.7 Å². The van der Waals surface area contributed by atoms with E-state index in [9.17, 15) is 0 Å². The monoisotopic (exact) mass is 354 g/mol. The smallest absolute Gasteiger partial charge is 0.123 e.